The van der Waals surface area contributed by atoms with Crippen molar-refractivity contribution in [2.75, 3.05) is 6.61 Å². The van der Waals surface area contributed by atoms with Crippen LogP contribution in [0.3, 0.4) is 0 Å². The Balaban J connectivity index is 2.36. The van der Waals surface area contributed by atoms with E-state index in [1.807, 2.05) is 60.7 Å². The van der Waals surface area contributed by atoms with Crippen LogP contribution in [0.25, 0.3) is 0 Å². The highest BCUT2D eigenvalue weighted by Gasteiger charge is 2.30. The van der Waals surface area contributed by atoms with E-state index in [2.05, 4.69) is 6.58 Å². The summed E-state index contributed by atoms with van der Waals surface area (Å²) in [7, 11) is 0. The number of aliphatic hydroxyl groups excluding tert-OH is 1. The summed E-state index contributed by atoms with van der Waals surface area (Å²) in [6.45, 7) is 3.63. The lowest BCUT2D eigenvalue weighted by Crippen LogP contribution is -2.34. The predicted molar refractivity (Wildman–Crippen MR) is 72.5 cm³/mol. The highest BCUT2D eigenvalue weighted by Crippen LogP contribution is 2.28. The molecule has 0 aromatic heterocycles. The van der Waals surface area contributed by atoms with Crippen molar-refractivity contribution in [1.29, 1.82) is 0 Å². The van der Waals surface area contributed by atoms with Crippen LogP contribution in [0.5, 0.6) is 5.75 Å². The summed E-state index contributed by atoms with van der Waals surface area (Å²) in [5, 5.41) is 9.70. The van der Waals surface area contributed by atoms with E-state index in [4.69, 9.17) is 4.74 Å². The van der Waals surface area contributed by atoms with Gasteiger partial charge in [-0.3, -0.25) is 0 Å². The summed E-state index contributed by atoms with van der Waals surface area (Å²) in [6, 6.07) is 19.0. The lowest BCUT2D eigenvalue weighted by atomic mass is 9.94. The van der Waals surface area contributed by atoms with Gasteiger partial charge in [0.25, 0.3) is 0 Å². The monoisotopic (exact) mass is 240 g/mol. The van der Waals surface area contributed by atoms with Gasteiger partial charge in [0.15, 0.2) is 5.60 Å². The fraction of sp³-hybridized carbons (Fsp3) is 0.125. The Hall–Kier alpha value is -2.06. The minimum atomic E-state index is -0.900. The fourth-order valence-electron chi connectivity index (χ4n) is 1.83. The third-order valence-corrected chi connectivity index (χ3v) is 2.87. The zero-order chi connectivity index (χ0) is 12.8. The van der Waals surface area contributed by atoms with Crippen molar-refractivity contribution in [3.05, 3.63) is 78.9 Å². The maximum absolute atomic E-state index is 9.70. The van der Waals surface area contributed by atoms with Crippen LogP contribution in [-0.2, 0) is 5.60 Å². The van der Waals surface area contributed by atoms with Crippen LogP contribution in [0.4, 0.5) is 0 Å². The minimum absolute atomic E-state index is 0.157. The molecule has 1 unspecified atom stereocenters. The third kappa shape index (κ3) is 2.44. The Morgan fingerprint density at radius 1 is 1.00 bits per heavy atom. The average molecular weight is 240 g/mol. The first-order chi connectivity index (χ1) is 8.80. The second-order valence-corrected chi connectivity index (χ2v) is 4.03. The molecule has 1 N–H and O–H groups in total. The molecule has 1 atom stereocenters. The van der Waals surface area contributed by atoms with Crippen LogP contribution in [0, 0.1) is 0 Å². The predicted octanol–water partition coefficient (Wildman–Crippen LogP) is 3.14. The first-order valence-corrected chi connectivity index (χ1v) is 5.85. The average Bonchev–Trinajstić information content (AvgIpc) is 2.47. The normalized spacial score (nSPS) is 13.6. The summed E-state index contributed by atoms with van der Waals surface area (Å²) in [5.41, 5.74) is -0.0193. The topological polar surface area (TPSA) is 29.5 Å². The molecule has 2 heteroatoms. The molecule has 0 aliphatic carbocycles. The molecule has 2 rings (SSSR count). The van der Waals surface area contributed by atoms with Crippen LogP contribution < -0.4 is 4.74 Å². The molecule has 0 spiro atoms. The van der Waals surface area contributed by atoms with E-state index < -0.39 is 5.60 Å². The molecule has 0 heterocycles. The van der Waals surface area contributed by atoms with E-state index >= 15 is 0 Å². The number of ether oxygens (including phenoxy) is 1. The largest absolute Gasteiger partial charge is 0.476 e. The molecule has 0 saturated heterocycles. The lowest BCUT2D eigenvalue weighted by molar-refractivity contribution is 0.0479. The Morgan fingerprint density at radius 2 is 1.56 bits per heavy atom. The summed E-state index contributed by atoms with van der Waals surface area (Å²) in [4.78, 5) is 0. The number of hydrogen-bond donors (Lipinski definition) is 1. The molecular formula is C16H16O2. The summed E-state index contributed by atoms with van der Waals surface area (Å²) >= 11 is 0. The van der Waals surface area contributed by atoms with Gasteiger partial charge in [-0.15, -0.1) is 0 Å². The Morgan fingerprint density at radius 3 is 2.06 bits per heavy atom. The number of para-hydroxylation sites is 1. The van der Waals surface area contributed by atoms with Gasteiger partial charge in [-0.25, -0.2) is 0 Å². The smallest absolute Gasteiger partial charge is 0.175 e. The van der Waals surface area contributed by atoms with E-state index in [1.165, 1.54) is 0 Å². The Kier molecular flexibility index (Phi) is 3.80. The van der Waals surface area contributed by atoms with E-state index in [0.29, 0.717) is 5.75 Å². The fourth-order valence-corrected chi connectivity index (χ4v) is 1.83. The van der Waals surface area contributed by atoms with E-state index in [9.17, 15) is 5.11 Å². The third-order valence-electron chi connectivity index (χ3n) is 2.87. The lowest BCUT2D eigenvalue weighted by Gasteiger charge is -2.30. The molecular weight excluding hydrogens is 224 g/mol. The van der Waals surface area contributed by atoms with Crippen molar-refractivity contribution in [3.8, 4) is 5.75 Å². The van der Waals surface area contributed by atoms with Crippen molar-refractivity contribution in [2.45, 2.75) is 5.60 Å². The standard InChI is InChI=1S/C16H16O2/c1-2-16(13-17,14-9-5-3-6-10-14)18-15-11-7-4-8-12-15/h2-12,17H,1,13H2. The van der Waals surface area contributed by atoms with Crippen LogP contribution in [0.2, 0.25) is 0 Å². The highest BCUT2D eigenvalue weighted by atomic mass is 16.5. The van der Waals surface area contributed by atoms with Gasteiger partial charge in [0, 0.05) is 5.56 Å². The first-order valence-electron chi connectivity index (χ1n) is 5.85. The van der Waals surface area contributed by atoms with E-state index in [1.54, 1.807) is 6.08 Å². The highest BCUT2D eigenvalue weighted by molar-refractivity contribution is 5.31. The number of aliphatic hydroxyl groups is 1. The number of hydrogen-bond acceptors (Lipinski definition) is 2. The molecule has 0 saturated carbocycles. The molecule has 0 amide bonds. The van der Waals surface area contributed by atoms with Crippen molar-refractivity contribution >= 4 is 0 Å². The van der Waals surface area contributed by atoms with Gasteiger partial charge in [-0.2, -0.15) is 0 Å². The Labute approximate surface area is 107 Å². The molecule has 0 fully saturated rings. The molecule has 2 aromatic rings. The van der Waals surface area contributed by atoms with Crippen molar-refractivity contribution < 1.29 is 9.84 Å². The second-order valence-electron chi connectivity index (χ2n) is 4.03. The molecule has 0 radical (unpaired) electrons. The summed E-state index contributed by atoms with van der Waals surface area (Å²) in [6.07, 6.45) is 1.63. The van der Waals surface area contributed by atoms with E-state index in [-0.39, 0.29) is 6.61 Å². The molecule has 0 aliphatic heterocycles. The molecule has 0 aliphatic rings. The van der Waals surface area contributed by atoms with Crippen molar-refractivity contribution in [2.24, 2.45) is 0 Å². The maximum atomic E-state index is 9.70. The van der Waals surface area contributed by atoms with Crippen LogP contribution in [0.1, 0.15) is 5.56 Å². The number of benzene rings is 2. The van der Waals surface area contributed by atoms with Crippen LogP contribution >= 0.6 is 0 Å². The quantitative estimate of drug-likeness (QED) is 0.813. The first kappa shape index (κ1) is 12.4. The molecule has 2 nitrogen and oxygen atoms in total. The zero-order valence-corrected chi connectivity index (χ0v) is 10.1. The second kappa shape index (κ2) is 5.52. The van der Waals surface area contributed by atoms with E-state index in [0.717, 1.165) is 5.56 Å². The van der Waals surface area contributed by atoms with Crippen LogP contribution in [-0.4, -0.2) is 11.7 Å². The maximum Gasteiger partial charge on any atom is 0.175 e. The van der Waals surface area contributed by atoms with Crippen LogP contribution in [0.15, 0.2) is 73.3 Å². The van der Waals surface area contributed by atoms with Crippen molar-refractivity contribution in [1.82, 2.24) is 0 Å². The Bertz CT molecular complexity index is 493. The van der Waals surface area contributed by atoms with Gasteiger partial charge in [-0.05, 0) is 18.2 Å². The van der Waals surface area contributed by atoms with Gasteiger partial charge >= 0.3 is 0 Å². The summed E-state index contributed by atoms with van der Waals surface area (Å²) < 4.78 is 5.92. The SMILES string of the molecule is C=CC(CO)(Oc1ccccc1)c1ccccc1. The van der Waals surface area contributed by atoms with Gasteiger partial charge in [0.05, 0.1) is 6.61 Å². The molecule has 92 valence electrons. The minimum Gasteiger partial charge on any atom is -0.476 e. The van der Waals surface area contributed by atoms with Gasteiger partial charge in [0.2, 0.25) is 0 Å². The van der Waals surface area contributed by atoms with Gasteiger partial charge in [-0.1, -0.05) is 55.1 Å². The van der Waals surface area contributed by atoms with Crippen molar-refractivity contribution in [3.63, 3.8) is 0 Å². The zero-order valence-electron chi connectivity index (χ0n) is 10.1. The summed E-state index contributed by atoms with van der Waals surface area (Å²) in [5.74, 6) is 0.704. The van der Waals surface area contributed by atoms with Gasteiger partial charge in [0.1, 0.15) is 5.75 Å². The molecule has 0 bridgehead atoms. The molecule has 2 aromatic carbocycles. The number of rotatable bonds is 5. The molecule has 18 heavy (non-hydrogen) atoms. The van der Waals surface area contributed by atoms with Gasteiger partial charge < -0.3 is 9.84 Å².